The van der Waals surface area contributed by atoms with E-state index in [0.717, 1.165) is 41.4 Å². The van der Waals surface area contributed by atoms with Crippen molar-refractivity contribution in [1.82, 2.24) is 0 Å². The van der Waals surface area contributed by atoms with Gasteiger partial charge in [-0.25, -0.2) is 0 Å². The standard InChI is InChI=1S/C18H18Br2O/c19-12-14(8-13-4-2-1-3-5-13)9-16-11-17(20)10-15-6-7-21-18(15)16/h1-5,10-11,14H,6-9,12H2. The number of rotatable bonds is 5. The minimum atomic E-state index is 0.579. The second kappa shape index (κ2) is 6.97. The lowest BCUT2D eigenvalue weighted by molar-refractivity contribution is 0.351. The molecular formula is C18H18Br2O. The largest absolute Gasteiger partial charge is 0.493 e. The summed E-state index contributed by atoms with van der Waals surface area (Å²) in [5, 5.41) is 1.00. The van der Waals surface area contributed by atoms with Crippen LogP contribution in [-0.2, 0) is 19.3 Å². The van der Waals surface area contributed by atoms with Crippen LogP contribution < -0.4 is 4.74 Å². The van der Waals surface area contributed by atoms with Crippen LogP contribution in [0, 0.1) is 5.92 Å². The Kier molecular flexibility index (Phi) is 5.02. The zero-order valence-corrected chi connectivity index (χ0v) is 15.0. The zero-order chi connectivity index (χ0) is 14.7. The first-order valence-corrected chi connectivity index (χ1v) is 9.21. The van der Waals surface area contributed by atoms with E-state index in [1.165, 1.54) is 16.7 Å². The molecule has 3 heteroatoms. The average molecular weight is 410 g/mol. The monoisotopic (exact) mass is 408 g/mol. The summed E-state index contributed by atoms with van der Waals surface area (Å²) in [5.41, 5.74) is 4.07. The van der Waals surface area contributed by atoms with Gasteiger partial charge in [-0.3, -0.25) is 0 Å². The fraction of sp³-hybridized carbons (Fsp3) is 0.333. The Bertz CT molecular complexity index is 610. The Balaban J connectivity index is 1.78. The van der Waals surface area contributed by atoms with E-state index in [0.29, 0.717) is 5.92 Å². The van der Waals surface area contributed by atoms with Crippen molar-refractivity contribution in [3.63, 3.8) is 0 Å². The van der Waals surface area contributed by atoms with Crippen molar-refractivity contribution >= 4 is 31.9 Å². The van der Waals surface area contributed by atoms with E-state index in [9.17, 15) is 0 Å². The molecule has 0 saturated heterocycles. The molecule has 0 spiro atoms. The van der Waals surface area contributed by atoms with Gasteiger partial charge in [0.1, 0.15) is 5.75 Å². The van der Waals surface area contributed by atoms with E-state index in [1.807, 2.05) is 0 Å². The Morgan fingerprint density at radius 2 is 1.90 bits per heavy atom. The van der Waals surface area contributed by atoms with Crippen molar-refractivity contribution in [3.8, 4) is 5.75 Å². The molecule has 2 aromatic rings. The number of benzene rings is 2. The molecule has 0 saturated carbocycles. The third kappa shape index (κ3) is 3.70. The fourth-order valence-electron chi connectivity index (χ4n) is 2.94. The molecule has 0 radical (unpaired) electrons. The van der Waals surface area contributed by atoms with Crippen molar-refractivity contribution in [2.75, 3.05) is 11.9 Å². The molecule has 0 aromatic heterocycles. The summed E-state index contributed by atoms with van der Waals surface area (Å²) in [6.45, 7) is 0.816. The van der Waals surface area contributed by atoms with E-state index in [1.54, 1.807) is 0 Å². The van der Waals surface area contributed by atoms with Crippen LogP contribution in [0.5, 0.6) is 5.75 Å². The number of alkyl halides is 1. The zero-order valence-electron chi connectivity index (χ0n) is 11.8. The fourth-order valence-corrected chi connectivity index (χ4v) is 3.95. The van der Waals surface area contributed by atoms with Gasteiger partial charge in [-0.15, -0.1) is 0 Å². The molecule has 1 unspecified atom stereocenters. The lowest BCUT2D eigenvalue weighted by Crippen LogP contribution is -2.10. The van der Waals surface area contributed by atoms with Gasteiger partial charge in [0, 0.05) is 16.2 Å². The summed E-state index contributed by atoms with van der Waals surface area (Å²) in [6, 6.07) is 15.1. The first-order chi connectivity index (χ1) is 10.3. The molecule has 21 heavy (non-hydrogen) atoms. The molecule has 0 N–H and O–H groups in total. The van der Waals surface area contributed by atoms with Crippen LogP contribution in [-0.4, -0.2) is 11.9 Å². The highest BCUT2D eigenvalue weighted by molar-refractivity contribution is 9.10. The smallest absolute Gasteiger partial charge is 0.125 e. The van der Waals surface area contributed by atoms with Crippen molar-refractivity contribution in [1.29, 1.82) is 0 Å². The molecule has 110 valence electrons. The maximum absolute atomic E-state index is 5.84. The van der Waals surface area contributed by atoms with Crippen LogP contribution in [0.3, 0.4) is 0 Å². The highest BCUT2D eigenvalue weighted by atomic mass is 79.9. The van der Waals surface area contributed by atoms with E-state index in [-0.39, 0.29) is 0 Å². The molecule has 1 aliphatic rings. The molecule has 1 nitrogen and oxygen atoms in total. The molecular weight excluding hydrogens is 392 g/mol. The summed E-state index contributed by atoms with van der Waals surface area (Å²) in [7, 11) is 0. The van der Waals surface area contributed by atoms with Gasteiger partial charge >= 0.3 is 0 Å². The van der Waals surface area contributed by atoms with Crippen LogP contribution in [0.4, 0.5) is 0 Å². The minimum absolute atomic E-state index is 0.579. The molecule has 1 aliphatic heterocycles. The number of halogens is 2. The summed E-state index contributed by atoms with van der Waals surface area (Å²) >= 11 is 7.30. The van der Waals surface area contributed by atoms with Crippen LogP contribution >= 0.6 is 31.9 Å². The van der Waals surface area contributed by atoms with E-state index in [2.05, 4.69) is 74.3 Å². The predicted molar refractivity (Wildman–Crippen MR) is 94.5 cm³/mol. The first-order valence-electron chi connectivity index (χ1n) is 7.30. The number of ether oxygens (including phenoxy) is 1. The van der Waals surface area contributed by atoms with Gasteiger partial charge < -0.3 is 4.74 Å². The van der Waals surface area contributed by atoms with Gasteiger partial charge in [-0.05, 0) is 47.6 Å². The number of hydrogen-bond acceptors (Lipinski definition) is 1. The summed E-state index contributed by atoms with van der Waals surface area (Å²) in [4.78, 5) is 0. The lowest BCUT2D eigenvalue weighted by Gasteiger charge is -2.17. The molecule has 0 fully saturated rings. The third-order valence-corrected chi connectivity index (χ3v) is 5.29. The number of hydrogen-bond donors (Lipinski definition) is 0. The maximum atomic E-state index is 5.84. The molecule has 2 aromatic carbocycles. The van der Waals surface area contributed by atoms with E-state index < -0.39 is 0 Å². The van der Waals surface area contributed by atoms with Crippen molar-refractivity contribution in [2.24, 2.45) is 5.92 Å². The topological polar surface area (TPSA) is 9.23 Å². The maximum Gasteiger partial charge on any atom is 0.125 e. The van der Waals surface area contributed by atoms with E-state index >= 15 is 0 Å². The van der Waals surface area contributed by atoms with Gasteiger partial charge in [-0.1, -0.05) is 62.2 Å². The van der Waals surface area contributed by atoms with Crippen LogP contribution in [0.15, 0.2) is 46.9 Å². The van der Waals surface area contributed by atoms with Crippen LogP contribution in [0.2, 0.25) is 0 Å². The van der Waals surface area contributed by atoms with Gasteiger partial charge in [0.05, 0.1) is 6.61 Å². The Morgan fingerprint density at radius 1 is 1.10 bits per heavy atom. The van der Waals surface area contributed by atoms with Crippen molar-refractivity contribution < 1.29 is 4.74 Å². The molecule has 0 aliphatic carbocycles. The molecule has 3 rings (SSSR count). The third-order valence-electron chi connectivity index (χ3n) is 3.92. The second-order valence-corrected chi connectivity index (χ2v) is 7.13. The summed E-state index contributed by atoms with van der Waals surface area (Å²) < 4.78 is 7.01. The van der Waals surface area contributed by atoms with Gasteiger partial charge in [0.15, 0.2) is 0 Å². The quantitative estimate of drug-likeness (QED) is 0.618. The normalized spacial score (nSPS) is 14.6. The van der Waals surface area contributed by atoms with E-state index in [4.69, 9.17) is 4.74 Å². The lowest BCUT2D eigenvalue weighted by atomic mass is 9.93. The molecule has 1 heterocycles. The Hall–Kier alpha value is -0.800. The second-order valence-electron chi connectivity index (χ2n) is 5.57. The number of fused-ring (bicyclic) bond motifs is 1. The predicted octanol–water partition coefficient (Wildman–Crippen LogP) is 5.18. The molecule has 1 atom stereocenters. The van der Waals surface area contributed by atoms with Gasteiger partial charge in [0.25, 0.3) is 0 Å². The highest BCUT2D eigenvalue weighted by Gasteiger charge is 2.20. The Morgan fingerprint density at radius 3 is 2.67 bits per heavy atom. The van der Waals surface area contributed by atoms with Crippen LogP contribution in [0.1, 0.15) is 16.7 Å². The molecule has 0 bridgehead atoms. The Labute approximate surface area is 143 Å². The van der Waals surface area contributed by atoms with Gasteiger partial charge in [0.2, 0.25) is 0 Å². The molecule has 0 amide bonds. The summed E-state index contributed by atoms with van der Waals surface area (Å²) in [6.07, 6.45) is 3.16. The van der Waals surface area contributed by atoms with Crippen molar-refractivity contribution in [3.05, 3.63) is 63.6 Å². The van der Waals surface area contributed by atoms with Gasteiger partial charge in [-0.2, -0.15) is 0 Å². The van der Waals surface area contributed by atoms with Crippen molar-refractivity contribution in [2.45, 2.75) is 19.3 Å². The minimum Gasteiger partial charge on any atom is -0.493 e. The highest BCUT2D eigenvalue weighted by Crippen LogP contribution is 2.35. The average Bonchev–Trinajstić information content (AvgIpc) is 2.96. The van der Waals surface area contributed by atoms with Crippen LogP contribution in [0.25, 0.3) is 0 Å². The first kappa shape index (κ1) is 15.1. The SMILES string of the molecule is BrCC(Cc1ccccc1)Cc1cc(Br)cc2c1OCC2. The summed E-state index contributed by atoms with van der Waals surface area (Å²) in [5.74, 6) is 1.70.